The molecular weight excluding hydrogens is 250 g/mol. The molecule has 0 unspecified atom stereocenters. The average molecular weight is 262 g/mol. The molecule has 0 bridgehead atoms. The molecule has 1 heterocycles. The van der Waals surface area contributed by atoms with Gasteiger partial charge in [-0.3, -0.25) is 4.79 Å². The van der Waals surface area contributed by atoms with Crippen molar-refractivity contribution >= 4 is 35.0 Å². The molecule has 0 saturated carbocycles. The highest BCUT2D eigenvalue weighted by Gasteiger charge is 2.11. The maximum Gasteiger partial charge on any atom is 0.316 e. The molecule has 0 atom stereocenters. The number of carbonyl (C=O) groups excluding carboxylic acids is 1. The monoisotopic (exact) mass is 261 g/mol. The van der Waals surface area contributed by atoms with Gasteiger partial charge in [-0.05, 0) is 25.4 Å². The fourth-order valence-electron chi connectivity index (χ4n) is 0.962. The highest BCUT2D eigenvalue weighted by molar-refractivity contribution is 8.00. The first-order chi connectivity index (χ1) is 7.54. The first-order valence-electron chi connectivity index (χ1n) is 4.62. The lowest BCUT2D eigenvalue weighted by Crippen LogP contribution is -2.08. The number of halogens is 1. The maximum atomic E-state index is 11.1. The maximum absolute atomic E-state index is 11.1. The standard InChI is InChI=1S/C9H12ClN3O2S/c1-3-15-6(14)4-16-8-7(11)5(2)12-9(10)13-8/h3-4,11H2,1-2H3. The van der Waals surface area contributed by atoms with Crippen LogP contribution in [0.3, 0.4) is 0 Å². The van der Waals surface area contributed by atoms with Crippen LogP contribution in [0.1, 0.15) is 12.6 Å². The number of nitrogen functional groups attached to an aromatic ring is 1. The molecule has 0 aromatic carbocycles. The third kappa shape index (κ3) is 3.53. The van der Waals surface area contributed by atoms with Gasteiger partial charge in [-0.1, -0.05) is 11.8 Å². The highest BCUT2D eigenvalue weighted by atomic mass is 35.5. The van der Waals surface area contributed by atoms with E-state index < -0.39 is 0 Å². The number of carbonyl (C=O) groups is 1. The molecule has 1 aromatic rings. The van der Waals surface area contributed by atoms with Crippen molar-refractivity contribution in [2.24, 2.45) is 0 Å². The molecule has 88 valence electrons. The minimum Gasteiger partial charge on any atom is -0.465 e. The number of nitrogens with zero attached hydrogens (tertiary/aromatic N) is 2. The Bertz CT molecular complexity index is 401. The summed E-state index contributed by atoms with van der Waals surface area (Å²) >= 11 is 6.88. The Morgan fingerprint density at radius 2 is 2.25 bits per heavy atom. The molecule has 0 aliphatic rings. The number of hydrogen-bond acceptors (Lipinski definition) is 6. The Balaban J connectivity index is 2.70. The number of rotatable bonds is 4. The molecule has 0 fully saturated rings. The highest BCUT2D eigenvalue weighted by Crippen LogP contribution is 2.25. The number of nitrogens with two attached hydrogens (primary N) is 1. The van der Waals surface area contributed by atoms with Crippen molar-refractivity contribution in [2.45, 2.75) is 18.9 Å². The second kappa shape index (κ2) is 5.91. The van der Waals surface area contributed by atoms with Crippen molar-refractivity contribution in [2.75, 3.05) is 18.1 Å². The fourth-order valence-corrected chi connectivity index (χ4v) is 2.02. The van der Waals surface area contributed by atoms with E-state index in [2.05, 4.69) is 9.97 Å². The Morgan fingerprint density at radius 1 is 1.56 bits per heavy atom. The molecule has 0 amide bonds. The van der Waals surface area contributed by atoms with Crippen molar-refractivity contribution in [3.05, 3.63) is 11.0 Å². The number of aromatic nitrogens is 2. The van der Waals surface area contributed by atoms with Crippen LogP contribution in [0.15, 0.2) is 5.03 Å². The molecule has 7 heteroatoms. The molecule has 2 N–H and O–H groups in total. The summed E-state index contributed by atoms with van der Waals surface area (Å²) in [6.07, 6.45) is 0. The van der Waals surface area contributed by atoms with Crippen LogP contribution in [-0.2, 0) is 9.53 Å². The molecule has 0 aliphatic heterocycles. The molecular formula is C9H12ClN3O2S. The zero-order valence-corrected chi connectivity index (χ0v) is 10.6. The van der Waals surface area contributed by atoms with E-state index in [1.54, 1.807) is 13.8 Å². The quantitative estimate of drug-likeness (QED) is 0.385. The Labute approximate surface area is 103 Å². The molecule has 1 aromatic heterocycles. The predicted molar refractivity (Wildman–Crippen MR) is 63.5 cm³/mol. The van der Waals surface area contributed by atoms with Crippen LogP contribution in [0.4, 0.5) is 5.69 Å². The van der Waals surface area contributed by atoms with Crippen LogP contribution < -0.4 is 5.73 Å². The summed E-state index contributed by atoms with van der Waals surface area (Å²) in [5.41, 5.74) is 6.80. The summed E-state index contributed by atoms with van der Waals surface area (Å²) in [7, 11) is 0. The van der Waals surface area contributed by atoms with Crippen LogP contribution in [0.5, 0.6) is 0 Å². The Kier molecular flexibility index (Phi) is 4.82. The number of esters is 1. The van der Waals surface area contributed by atoms with Crippen LogP contribution in [-0.4, -0.2) is 28.3 Å². The van der Waals surface area contributed by atoms with Crippen LogP contribution in [0.25, 0.3) is 0 Å². The van der Waals surface area contributed by atoms with E-state index in [0.717, 1.165) is 0 Å². The summed E-state index contributed by atoms with van der Waals surface area (Å²) in [5, 5.41) is 0.628. The molecule has 5 nitrogen and oxygen atoms in total. The second-order valence-corrected chi connectivity index (χ2v) is 4.19. The van der Waals surface area contributed by atoms with Gasteiger partial charge in [0.05, 0.1) is 23.7 Å². The van der Waals surface area contributed by atoms with E-state index in [9.17, 15) is 4.79 Å². The summed E-state index contributed by atoms with van der Waals surface area (Å²) in [4.78, 5) is 19.0. The number of anilines is 1. The number of aryl methyl sites for hydroxylation is 1. The summed E-state index contributed by atoms with van der Waals surface area (Å²) in [6.45, 7) is 3.85. The van der Waals surface area contributed by atoms with Gasteiger partial charge < -0.3 is 10.5 Å². The van der Waals surface area contributed by atoms with E-state index in [0.29, 0.717) is 23.0 Å². The van der Waals surface area contributed by atoms with Crippen molar-refractivity contribution in [3.8, 4) is 0 Å². The minimum absolute atomic E-state index is 0.123. The SMILES string of the molecule is CCOC(=O)CSc1nc(Cl)nc(C)c1N. The summed E-state index contributed by atoms with van der Waals surface area (Å²) in [5.74, 6) is -0.149. The molecule has 0 spiro atoms. The van der Waals surface area contributed by atoms with Crippen molar-refractivity contribution in [1.82, 2.24) is 9.97 Å². The van der Waals surface area contributed by atoms with Crippen molar-refractivity contribution in [1.29, 1.82) is 0 Å². The minimum atomic E-state index is -0.306. The Morgan fingerprint density at radius 3 is 2.88 bits per heavy atom. The topological polar surface area (TPSA) is 78.1 Å². The van der Waals surface area contributed by atoms with Crippen LogP contribution in [0.2, 0.25) is 5.28 Å². The number of ether oxygens (including phenoxy) is 1. The second-order valence-electron chi connectivity index (χ2n) is 2.89. The van der Waals surface area contributed by atoms with Crippen LogP contribution in [0, 0.1) is 6.92 Å². The largest absolute Gasteiger partial charge is 0.465 e. The first kappa shape index (κ1) is 13.1. The van der Waals surface area contributed by atoms with Crippen LogP contribution >= 0.6 is 23.4 Å². The molecule has 0 saturated heterocycles. The average Bonchev–Trinajstić information content (AvgIpc) is 2.21. The van der Waals surface area contributed by atoms with Gasteiger partial charge in [0.1, 0.15) is 5.03 Å². The van der Waals surface area contributed by atoms with Gasteiger partial charge >= 0.3 is 5.97 Å². The van der Waals surface area contributed by atoms with E-state index in [1.807, 2.05) is 0 Å². The molecule has 1 rings (SSSR count). The van der Waals surface area contributed by atoms with E-state index in [-0.39, 0.29) is 17.0 Å². The van der Waals surface area contributed by atoms with Gasteiger partial charge in [-0.15, -0.1) is 0 Å². The first-order valence-corrected chi connectivity index (χ1v) is 5.99. The van der Waals surface area contributed by atoms with Gasteiger partial charge in [0.2, 0.25) is 5.28 Å². The summed E-state index contributed by atoms with van der Waals surface area (Å²) in [6, 6.07) is 0. The third-order valence-electron chi connectivity index (χ3n) is 1.71. The summed E-state index contributed by atoms with van der Waals surface area (Å²) < 4.78 is 4.79. The Hall–Kier alpha value is -1.01. The predicted octanol–water partition coefficient (Wildman–Crippen LogP) is 1.68. The zero-order chi connectivity index (χ0) is 12.1. The normalized spacial score (nSPS) is 10.2. The molecule has 0 aliphatic carbocycles. The van der Waals surface area contributed by atoms with Gasteiger partial charge in [0, 0.05) is 0 Å². The van der Waals surface area contributed by atoms with Gasteiger partial charge in [0.25, 0.3) is 0 Å². The lowest BCUT2D eigenvalue weighted by molar-refractivity contribution is -0.139. The fraction of sp³-hybridized carbons (Fsp3) is 0.444. The molecule has 0 radical (unpaired) electrons. The lowest BCUT2D eigenvalue weighted by atomic mass is 10.4. The van der Waals surface area contributed by atoms with Gasteiger partial charge in [-0.2, -0.15) is 0 Å². The third-order valence-corrected chi connectivity index (χ3v) is 2.84. The van der Waals surface area contributed by atoms with E-state index in [4.69, 9.17) is 22.1 Å². The van der Waals surface area contributed by atoms with E-state index >= 15 is 0 Å². The smallest absolute Gasteiger partial charge is 0.316 e. The van der Waals surface area contributed by atoms with Gasteiger partial charge in [-0.25, -0.2) is 9.97 Å². The number of thioether (sulfide) groups is 1. The van der Waals surface area contributed by atoms with Gasteiger partial charge in [0.15, 0.2) is 0 Å². The lowest BCUT2D eigenvalue weighted by Gasteiger charge is -2.06. The zero-order valence-electron chi connectivity index (χ0n) is 8.99. The van der Waals surface area contributed by atoms with Crippen molar-refractivity contribution < 1.29 is 9.53 Å². The van der Waals surface area contributed by atoms with E-state index in [1.165, 1.54) is 11.8 Å². The molecule has 16 heavy (non-hydrogen) atoms. The van der Waals surface area contributed by atoms with Crippen molar-refractivity contribution in [3.63, 3.8) is 0 Å². The number of hydrogen-bond donors (Lipinski definition) is 1.